The highest BCUT2D eigenvalue weighted by atomic mass is 35.5. The van der Waals surface area contributed by atoms with Crippen molar-refractivity contribution in [3.8, 4) is 11.3 Å². The number of nitrogens with one attached hydrogen (secondary N) is 1. The molecule has 112 valence electrons. The monoisotopic (exact) mass is 307 g/mol. The van der Waals surface area contributed by atoms with Crippen LogP contribution in [0.4, 0.5) is 10.2 Å². The highest BCUT2D eigenvalue weighted by Gasteiger charge is 2.17. The lowest BCUT2D eigenvalue weighted by atomic mass is 10.1. The van der Waals surface area contributed by atoms with E-state index in [-0.39, 0.29) is 11.7 Å². The van der Waals surface area contributed by atoms with Crippen molar-refractivity contribution < 1.29 is 4.39 Å². The van der Waals surface area contributed by atoms with Crippen LogP contribution in [0, 0.1) is 12.7 Å². The van der Waals surface area contributed by atoms with Crippen molar-refractivity contribution >= 4 is 17.4 Å². The highest BCUT2D eigenvalue weighted by molar-refractivity contribution is 6.30. The van der Waals surface area contributed by atoms with Crippen molar-refractivity contribution in [1.82, 2.24) is 9.97 Å². The fraction of sp³-hybridized carbons (Fsp3) is 0.375. The summed E-state index contributed by atoms with van der Waals surface area (Å²) >= 11 is 5.82. The van der Waals surface area contributed by atoms with E-state index in [9.17, 15) is 4.39 Å². The molecule has 2 rings (SSSR count). The quantitative estimate of drug-likeness (QED) is 0.881. The Morgan fingerprint density at radius 2 is 2.00 bits per heavy atom. The largest absolute Gasteiger partial charge is 0.370 e. The van der Waals surface area contributed by atoms with Crippen molar-refractivity contribution in [3.63, 3.8) is 0 Å². The first kappa shape index (κ1) is 15.7. The maximum Gasteiger partial charge on any atom is 0.134 e. The van der Waals surface area contributed by atoms with Gasteiger partial charge in [0.05, 0.1) is 5.69 Å². The molecule has 0 aliphatic carbocycles. The molecule has 0 saturated carbocycles. The van der Waals surface area contributed by atoms with Gasteiger partial charge in [-0.2, -0.15) is 0 Å². The molecule has 0 bridgehead atoms. The minimum atomic E-state index is -0.374. The SMILES string of the molecule is CCNc1nc(C(C)C)nc(-c2ccc(Cl)cc2F)c1C. The molecule has 1 heterocycles. The third kappa shape index (κ3) is 3.32. The van der Waals surface area contributed by atoms with Crippen molar-refractivity contribution in [2.45, 2.75) is 33.6 Å². The average molecular weight is 308 g/mol. The predicted molar refractivity (Wildman–Crippen MR) is 85.4 cm³/mol. The molecule has 3 nitrogen and oxygen atoms in total. The molecule has 0 radical (unpaired) electrons. The molecule has 0 spiro atoms. The van der Waals surface area contributed by atoms with E-state index >= 15 is 0 Å². The third-order valence-electron chi connectivity index (χ3n) is 3.21. The highest BCUT2D eigenvalue weighted by Crippen LogP contribution is 2.30. The zero-order valence-electron chi connectivity index (χ0n) is 12.7. The molecule has 2 aromatic rings. The molecule has 1 N–H and O–H groups in total. The minimum absolute atomic E-state index is 0.164. The Morgan fingerprint density at radius 3 is 2.57 bits per heavy atom. The van der Waals surface area contributed by atoms with Gasteiger partial charge >= 0.3 is 0 Å². The number of hydrogen-bond donors (Lipinski definition) is 1. The second-order valence-corrected chi connectivity index (χ2v) is 5.65. The summed E-state index contributed by atoms with van der Waals surface area (Å²) in [6.45, 7) is 8.67. The van der Waals surface area contributed by atoms with E-state index in [0.29, 0.717) is 22.1 Å². The van der Waals surface area contributed by atoms with Gasteiger partial charge in [-0.15, -0.1) is 0 Å². The Balaban J connectivity index is 2.66. The van der Waals surface area contributed by atoms with Gasteiger partial charge in [-0.1, -0.05) is 25.4 Å². The maximum atomic E-state index is 14.2. The van der Waals surface area contributed by atoms with Gasteiger partial charge in [0.15, 0.2) is 0 Å². The maximum absolute atomic E-state index is 14.2. The number of halogens is 2. The van der Waals surface area contributed by atoms with E-state index < -0.39 is 0 Å². The lowest BCUT2D eigenvalue weighted by Gasteiger charge is -2.15. The van der Waals surface area contributed by atoms with E-state index in [4.69, 9.17) is 11.6 Å². The van der Waals surface area contributed by atoms with Gasteiger partial charge in [0.1, 0.15) is 17.5 Å². The lowest BCUT2D eigenvalue weighted by Crippen LogP contribution is -2.09. The minimum Gasteiger partial charge on any atom is -0.370 e. The molecule has 1 aromatic heterocycles. The second-order valence-electron chi connectivity index (χ2n) is 5.21. The normalized spacial score (nSPS) is 11.0. The molecule has 0 atom stereocenters. The zero-order valence-corrected chi connectivity index (χ0v) is 13.4. The van der Waals surface area contributed by atoms with Crippen molar-refractivity contribution in [3.05, 3.63) is 40.4 Å². The molecule has 0 fully saturated rings. The summed E-state index contributed by atoms with van der Waals surface area (Å²) in [5.74, 6) is 1.24. The Labute approximate surface area is 129 Å². The van der Waals surface area contributed by atoms with Crippen molar-refractivity contribution in [2.75, 3.05) is 11.9 Å². The lowest BCUT2D eigenvalue weighted by molar-refractivity contribution is 0.630. The van der Waals surface area contributed by atoms with Crippen molar-refractivity contribution in [1.29, 1.82) is 0 Å². The van der Waals surface area contributed by atoms with E-state index in [0.717, 1.165) is 17.9 Å². The van der Waals surface area contributed by atoms with Crippen LogP contribution < -0.4 is 5.32 Å². The van der Waals surface area contributed by atoms with E-state index in [1.807, 2.05) is 27.7 Å². The second kappa shape index (κ2) is 6.39. The zero-order chi connectivity index (χ0) is 15.6. The number of aromatic nitrogens is 2. The molecule has 21 heavy (non-hydrogen) atoms. The molecule has 0 amide bonds. The Kier molecular flexibility index (Phi) is 4.78. The average Bonchev–Trinajstić information content (AvgIpc) is 2.41. The van der Waals surface area contributed by atoms with Crippen LogP contribution in [0.3, 0.4) is 0 Å². The standard InChI is InChI=1S/C16H19ClFN3/c1-5-19-16-10(4)14(20-15(21-16)9(2)3)12-7-6-11(17)8-13(12)18/h6-9H,5H2,1-4H3,(H,19,20,21). The fourth-order valence-corrected chi connectivity index (χ4v) is 2.23. The molecule has 0 unspecified atom stereocenters. The third-order valence-corrected chi connectivity index (χ3v) is 3.45. The summed E-state index contributed by atoms with van der Waals surface area (Å²) in [5.41, 5.74) is 1.89. The van der Waals surface area contributed by atoms with Gasteiger partial charge in [-0.05, 0) is 32.0 Å². The van der Waals surface area contributed by atoms with Gasteiger partial charge < -0.3 is 5.32 Å². The smallest absolute Gasteiger partial charge is 0.134 e. The van der Waals surface area contributed by atoms with Crippen LogP contribution in [-0.4, -0.2) is 16.5 Å². The molecule has 0 aliphatic heterocycles. The number of benzene rings is 1. The van der Waals surface area contributed by atoms with Gasteiger partial charge in [-0.3, -0.25) is 0 Å². The molecular formula is C16H19ClFN3. The first-order chi connectivity index (χ1) is 9.93. The molecular weight excluding hydrogens is 289 g/mol. The first-order valence-corrected chi connectivity index (χ1v) is 7.39. The molecule has 5 heteroatoms. The van der Waals surface area contributed by atoms with Crippen LogP contribution in [-0.2, 0) is 0 Å². The Hall–Kier alpha value is -1.68. The summed E-state index contributed by atoms with van der Waals surface area (Å²) in [5, 5.41) is 3.59. The summed E-state index contributed by atoms with van der Waals surface area (Å²) < 4.78 is 14.2. The molecule has 1 aromatic carbocycles. The van der Waals surface area contributed by atoms with E-state index in [1.165, 1.54) is 6.07 Å². The van der Waals surface area contributed by atoms with Crippen LogP contribution in [0.1, 0.15) is 38.1 Å². The van der Waals surface area contributed by atoms with Crippen LogP contribution in [0.5, 0.6) is 0 Å². The van der Waals surface area contributed by atoms with Gasteiger partial charge in [-0.25, -0.2) is 14.4 Å². The van der Waals surface area contributed by atoms with Crippen LogP contribution >= 0.6 is 11.6 Å². The number of rotatable bonds is 4. The summed E-state index contributed by atoms with van der Waals surface area (Å²) in [4.78, 5) is 9.07. The van der Waals surface area contributed by atoms with Gasteiger partial charge in [0.2, 0.25) is 0 Å². The van der Waals surface area contributed by atoms with Gasteiger partial charge in [0.25, 0.3) is 0 Å². The summed E-state index contributed by atoms with van der Waals surface area (Å²) in [7, 11) is 0. The fourth-order valence-electron chi connectivity index (χ4n) is 2.08. The number of nitrogens with zero attached hydrogens (tertiary/aromatic N) is 2. The first-order valence-electron chi connectivity index (χ1n) is 7.01. The summed E-state index contributed by atoms with van der Waals surface area (Å²) in [6.07, 6.45) is 0. The molecule has 0 aliphatic rings. The van der Waals surface area contributed by atoms with E-state index in [2.05, 4.69) is 15.3 Å². The van der Waals surface area contributed by atoms with Gasteiger partial charge in [0, 0.05) is 28.6 Å². The number of anilines is 1. The molecule has 0 saturated heterocycles. The topological polar surface area (TPSA) is 37.8 Å². The van der Waals surface area contributed by atoms with Crippen molar-refractivity contribution in [2.24, 2.45) is 0 Å². The predicted octanol–water partition coefficient (Wildman–Crippen LogP) is 4.80. The Bertz CT molecular complexity index is 656. The van der Waals surface area contributed by atoms with Crippen LogP contribution in [0.25, 0.3) is 11.3 Å². The summed E-state index contributed by atoms with van der Waals surface area (Å²) in [6, 6.07) is 4.64. The number of hydrogen-bond acceptors (Lipinski definition) is 3. The van der Waals surface area contributed by atoms with Crippen LogP contribution in [0.15, 0.2) is 18.2 Å². The van der Waals surface area contributed by atoms with E-state index in [1.54, 1.807) is 12.1 Å². The Morgan fingerprint density at radius 1 is 1.29 bits per heavy atom. The van der Waals surface area contributed by atoms with Crippen LogP contribution in [0.2, 0.25) is 5.02 Å².